The summed E-state index contributed by atoms with van der Waals surface area (Å²) in [6.07, 6.45) is 4.26. The minimum Gasteiger partial charge on any atom is -0.478 e. The van der Waals surface area contributed by atoms with Gasteiger partial charge in [-0.05, 0) is 39.7 Å². The molecule has 0 amide bonds. The van der Waals surface area contributed by atoms with Gasteiger partial charge in [0, 0.05) is 31.2 Å². The van der Waals surface area contributed by atoms with Crippen LogP contribution in [0.4, 0.5) is 5.69 Å². The molecular weight excluding hydrogens is 238 g/mol. The standard InChI is InChI=1S/C15H25N3O/c1-4-19-15-6-5-14(11-16-15)17-13-7-9-18(10-8-13)12(2)3/h5-6,11-13,17H,4,7-10H2,1-3H3. The minimum atomic E-state index is 0.565. The normalized spacial score (nSPS) is 17.7. The average Bonchev–Trinajstić information content (AvgIpc) is 2.42. The van der Waals surface area contributed by atoms with E-state index in [0.29, 0.717) is 24.6 Å². The Hall–Kier alpha value is -1.29. The fraction of sp³-hybridized carbons (Fsp3) is 0.667. The number of likely N-dealkylation sites (tertiary alicyclic amines) is 1. The van der Waals surface area contributed by atoms with Gasteiger partial charge in [0.2, 0.25) is 5.88 Å². The van der Waals surface area contributed by atoms with E-state index >= 15 is 0 Å². The molecule has 0 saturated carbocycles. The van der Waals surface area contributed by atoms with Gasteiger partial charge in [0.25, 0.3) is 0 Å². The van der Waals surface area contributed by atoms with Gasteiger partial charge in [-0.25, -0.2) is 4.98 Å². The van der Waals surface area contributed by atoms with Crippen LogP contribution < -0.4 is 10.1 Å². The van der Waals surface area contributed by atoms with Crippen LogP contribution in [0.2, 0.25) is 0 Å². The van der Waals surface area contributed by atoms with E-state index < -0.39 is 0 Å². The second kappa shape index (κ2) is 6.75. The summed E-state index contributed by atoms with van der Waals surface area (Å²) in [5.74, 6) is 0.697. The second-order valence-corrected chi connectivity index (χ2v) is 5.37. The Morgan fingerprint density at radius 1 is 1.37 bits per heavy atom. The third kappa shape index (κ3) is 4.10. The van der Waals surface area contributed by atoms with E-state index in [1.807, 2.05) is 25.3 Å². The van der Waals surface area contributed by atoms with Crippen LogP contribution >= 0.6 is 0 Å². The molecule has 0 aliphatic carbocycles. The van der Waals surface area contributed by atoms with Crippen molar-refractivity contribution in [1.82, 2.24) is 9.88 Å². The molecular formula is C15H25N3O. The number of hydrogen-bond acceptors (Lipinski definition) is 4. The van der Waals surface area contributed by atoms with Crippen LogP contribution in [0.3, 0.4) is 0 Å². The summed E-state index contributed by atoms with van der Waals surface area (Å²) in [6, 6.07) is 5.20. The minimum absolute atomic E-state index is 0.565. The molecule has 19 heavy (non-hydrogen) atoms. The van der Waals surface area contributed by atoms with Crippen molar-refractivity contribution in [3.05, 3.63) is 18.3 Å². The largest absolute Gasteiger partial charge is 0.478 e. The Morgan fingerprint density at radius 3 is 2.63 bits per heavy atom. The van der Waals surface area contributed by atoms with Crippen molar-refractivity contribution in [2.45, 2.75) is 45.7 Å². The lowest BCUT2D eigenvalue weighted by atomic mass is 10.0. The number of nitrogens with one attached hydrogen (secondary N) is 1. The average molecular weight is 263 g/mol. The smallest absolute Gasteiger partial charge is 0.213 e. The first-order valence-electron chi connectivity index (χ1n) is 7.28. The van der Waals surface area contributed by atoms with E-state index in [0.717, 1.165) is 5.69 Å². The Balaban J connectivity index is 1.82. The molecule has 1 aliphatic rings. The molecule has 2 heterocycles. The highest BCUT2D eigenvalue weighted by Crippen LogP contribution is 2.18. The Kier molecular flexibility index (Phi) is 5.02. The molecule has 1 aromatic rings. The first-order valence-corrected chi connectivity index (χ1v) is 7.28. The molecule has 1 N–H and O–H groups in total. The maximum Gasteiger partial charge on any atom is 0.213 e. The number of hydrogen-bond donors (Lipinski definition) is 1. The molecule has 0 radical (unpaired) electrons. The summed E-state index contributed by atoms with van der Waals surface area (Å²) in [4.78, 5) is 6.82. The van der Waals surface area contributed by atoms with Crippen molar-refractivity contribution in [2.75, 3.05) is 25.0 Å². The van der Waals surface area contributed by atoms with Crippen molar-refractivity contribution >= 4 is 5.69 Å². The summed E-state index contributed by atoms with van der Waals surface area (Å²) in [7, 11) is 0. The van der Waals surface area contributed by atoms with Crippen LogP contribution in [-0.4, -0.2) is 41.7 Å². The van der Waals surface area contributed by atoms with Gasteiger partial charge in [-0.3, -0.25) is 0 Å². The molecule has 0 bridgehead atoms. The monoisotopic (exact) mass is 263 g/mol. The summed E-state index contributed by atoms with van der Waals surface area (Å²) < 4.78 is 5.35. The second-order valence-electron chi connectivity index (χ2n) is 5.37. The molecule has 1 aromatic heterocycles. The summed E-state index contributed by atoms with van der Waals surface area (Å²) in [6.45, 7) is 9.53. The highest BCUT2D eigenvalue weighted by Gasteiger charge is 2.20. The molecule has 1 fully saturated rings. The third-order valence-corrected chi connectivity index (χ3v) is 3.66. The van der Waals surface area contributed by atoms with Crippen molar-refractivity contribution in [3.8, 4) is 5.88 Å². The van der Waals surface area contributed by atoms with Gasteiger partial charge in [0.05, 0.1) is 18.5 Å². The lowest BCUT2D eigenvalue weighted by Gasteiger charge is -2.35. The number of ether oxygens (including phenoxy) is 1. The van der Waals surface area contributed by atoms with Crippen molar-refractivity contribution in [2.24, 2.45) is 0 Å². The summed E-state index contributed by atoms with van der Waals surface area (Å²) >= 11 is 0. The summed E-state index contributed by atoms with van der Waals surface area (Å²) in [5.41, 5.74) is 1.09. The zero-order valence-corrected chi connectivity index (χ0v) is 12.2. The predicted molar refractivity (Wildman–Crippen MR) is 78.8 cm³/mol. The number of pyridine rings is 1. The molecule has 0 unspecified atom stereocenters. The lowest BCUT2D eigenvalue weighted by molar-refractivity contribution is 0.177. The van der Waals surface area contributed by atoms with Crippen LogP contribution in [0.1, 0.15) is 33.6 Å². The quantitative estimate of drug-likeness (QED) is 0.886. The molecule has 2 rings (SSSR count). The van der Waals surface area contributed by atoms with Gasteiger partial charge < -0.3 is 15.0 Å². The zero-order chi connectivity index (χ0) is 13.7. The maximum atomic E-state index is 5.35. The predicted octanol–water partition coefficient (Wildman–Crippen LogP) is 2.77. The van der Waals surface area contributed by atoms with E-state index in [1.165, 1.54) is 25.9 Å². The van der Waals surface area contributed by atoms with Crippen molar-refractivity contribution < 1.29 is 4.74 Å². The highest BCUT2D eigenvalue weighted by atomic mass is 16.5. The van der Waals surface area contributed by atoms with Gasteiger partial charge in [0.15, 0.2) is 0 Å². The van der Waals surface area contributed by atoms with Gasteiger partial charge in [-0.1, -0.05) is 0 Å². The molecule has 106 valence electrons. The van der Waals surface area contributed by atoms with E-state index in [-0.39, 0.29) is 0 Å². The van der Waals surface area contributed by atoms with Crippen LogP contribution in [0, 0.1) is 0 Å². The lowest BCUT2D eigenvalue weighted by Crippen LogP contribution is -2.42. The molecule has 1 saturated heterocycles. The molecule has 4 nitrogen and oxygen atoms in total. The van der Waals surface area contributed by atoms with E-state index in [2.05, 4.69) is 29.0 Å². The fourth-order valence-corrected chi connectivity index (χ4v) is 2.49. The number of anilines is 1. The molecule has 0 aromatic carbocycles. The van der Waals surface area contributed by atoms with E-state index in [9.17, 15) is 0 Å². The van der Waals surface area contributed by atoms with Crippen molar-refractivity contribution in [1.29, 1.82) is 0 Å². The van der Waals surface area contributed by atoms with Crippen LogP contribution in [0.5, 0.6) is 5.88 Å². The van der Waals surface area contributed by atoms with Crippen molar-refractivity contribution in [3.63, 3.8) is 0 Å². The van der Waals surface area contributed by atoms with Crippen LogP contribution in [0.15, 0.2) is 18.3 Å². The summed E-state index contributed by atoms with van der Waals surface area (Å²) in [5, 5.41) is 3.56. The SMILES string of the molecule is CCOc1ccc(NC2CCN(C(C)C)CC2)cn1. The van der Waals surface area contributed by atoms with Gasteiger partial charge in [0.1, 0.15) is 0 Å². The molecule has 0 spiro atoms. The molecule has 1 aliphatic heterocycles. The zero-order valence-electron chi connectivity index (χ0n) is 12.2. The Labute approximate surface area is 116 Å². The van der Waals surface area contributed by atoms with Crippen LogP contribution in [0.25, 0.3) is 0 Å². The number of piperidine rings is 1. The third-order valence-electron chi connectivity index (χ3n) is 3.66. The molecule has 4 heteroatoms. The first-order chi connectivity index (χ1) is 9.19. The molecule has 0 atom stereocenters. The van der Waals surface area contributed by atoms with Crippen LogP contribution in [-0.2, 0) is 0 Å². The van der Waals surface area contributed by atoms with E-state index in [4.69, 9.17) is 4.74 Å². The fourth-order valence-electron chi connectivity index (χ4n) is 2.49. The first kappa shape index (κ1) is 14.1. The Morgan fingerprint density at radius 2 is 2.11 bits per heavy atom. The maximum absolute atomic E-state index is 5.35. The number of rotatable bonds is 5. The van der Waals surface area contributed by atoms with Gasteiger partial charge in [-0.2, -0.15) is 0 Å². The highest BCUT2D eigenvalue weighted by molar-refractivity contribution is 5.43. The number of aromatic nitrogens is 1. The topological polar surface area (TPSA) is 37.4 Å². The van der Waals surface area contributed by atoms with Gasteiger partial charge in [-0.15, -0.1) is 0 Å². The van der Waals surface area contributed by atoms with E-state index in [1.54, 1.807) is 0 Å². The van der Waals surface area contributed by atoms with Gasteiger partial charge >= 0.3 is 0 Å². The Bertz CT molecular complexity index is 369. The number of nitrogens with zero attached hydrogens (tertiary/aromatic N) is 2.